The molecule has 0 aliphatic rings. The predicted octanol–water partition coefficient (Wildman–Crippen LogP) is 11.6. The van der Waals surface area contributed by atoms with Crippen molar-refractivity contribution in [2.24, 2.45) is 0 Å². The van der Waals surface area contributed by atoms with Crippen LogP contribution in [-0.4, -0.2) is 18.7 Å². The summed E-state index contributed by atoms with van der Waals surface area (Å²) in [5, 5.41) is 24.5. The second-order valence-electron chi connectivity index (χ2n) is 9.87. The Labute approximate surface area is 297 Å². The van der Waals surface area contributed by atoms with Gasteiger partial charge < -0.3 is 0 Å². The molecular weight excluding hydrogens is 717 g/mol. The van der Waals surface area contributed by atoms with E-state index in [9.17, 15) is 10.5 Å². The van der Waals surface area contributed by atoms with Gasteiger partial charge >= 0.3 is 0 Å². The fourth-order valence-corrected chi connectivity index (χ4v) is 10.8. The molecule has 0 atom stereocenters. The van der Waals surface area contributed by atoms with E-state index in [4.69, 9.17) is 8.75 Å². The van der Waals surface area contributed by atoms with Gasteiger partial charge in [-0.25, -0.2) is 9.97 Å². The quantitative estimate of drug-likeness (QED) is 0.144. The largest absolute Gasteiger partial charge is 0.244 e. The fourth-order valence-electron chi connectivity index (χ4n) is 4.90. The Balaban J connectivity index is 1.05. The van der Waals surface area contributed by atoms with Crippen LogP contribution in [0.2, 0.25) is 0 Å². The van der Waals surface area contributed by atoms with Gasteiger partial charge in [0.15, 0.2) is 0 Å². The standard InChI is InChI=1S/C34H16N6S7/c35-17-19(33-37-11-13-41-33)15-21-1-5-27(43-21)29-9-7-25(45-29)23-3-4-24(32-31(23)39-47-40-32)26-8-10-30(46-26)28-6-2-22(44-28)16-20(18-36)34-38-12-14-42-34/h1-16H. The highest BCUT2D eigenvalue weighted by Gasteiger charge is 2.18. The average Bonchev–Trinajstić information content (AvgIpc) is 3.92. The van der Waals surface area contributed by atoms with Crippen molar-refractivity contribution in [1.29, 1.82) is 10.5 Å². The maximum Gasteiger partial charge on any atom is 0.133 e. The molecule has 0 spiro atoms. The molecule has 0 unspecified atom stereocenters. The van der Waals surface area contributed by atoms with Crippen LogP contribution in [0.25, 0.3) is 74.7 Å². The Morgan fingerprint density at radius 2 is 0.957 bits per heavy atom. The number of nitrogens with zero attached hydrogens (tertiary/aromatic N) is 6. The summed E-state index contributed by atoms with van der Waals surface area (Å²) in [5.41, 5.74) is 5.10. The molecule has 0 amide bonds. The molecule has 47 heavy (non-hydrogen) atoms. The van der Waals surface area contributed by atoms with Gasteiger partial charge in [-0.05, 0) is 60.7 Å². The van der Waals surface area contributed by atoms with Crippen LogP contribution in [0.5, 0.6) is 0 Å². The zero-order valence-corrected chi connectivity index (χ0v) is 29.5. The molecule has 0 aliphatic carbocycles. The Kier molecular flexibility index (Phi) is 8.27. The summed E-state index contributed by atoms with van der Waals surface area (Å²) < 4.78 is 9.45. The predicted molar refractivity (Wildman–Crippen MR) is 202 cm³/mol. The van der Waals surface area contributed by atoms with Crippen LogP contribution in [-0.2, 0) is 0 Å². The van der Waals surface area contributed by atoms with Crippen molar-refractivity contribution in [2.75, 3.05) is 0 Å². The molecule has 224 valence electrons. The van der Waals surface area contributed by atoms with Gasteiger partial charge in [0.05, 0.1) is 22.9 Å². The monoisotopic (exact) mass is 732 g/mol. The van der Waals surface area contributed by atoms with Gasteiger partial charge in [-0.1, -0.05) is 12.1 Å². The summed E-state index contributed by atoms with van der Waals surface area (Å²) in [6.45, 7) is 0. The molecule has 8 aromatic rings. The highest BCUT2D eigenvalue weighted by molar-refractivity contribution is 7.25. The summed E-state index contributed by atoms with van der Waals surface area (Å²) in [5.74, 6) is 0. The molecule has 7 aromatic heterocycles. The number of nitriles is 2. The Morgan fingerprint density at radius 1 is 0.532 bits per heavy atom. The highest BCUT2D eigenvalue weighted by Crippen LogP contribution is 2.44. The maximum atomic E-state index is 9.62. The van der Waals surface area contributed by atoms with E-state index in [1.807, 2.05) is 22.9 Å². The van der Waals surface area contributed by atoms with E-state index in [1.165, 1.54) is 44.2 Å². The maximum absolute atomic E-state index is 9.62. The van der Waals surface area contributed by atoms with E-state index in [-0.39, 0.29) is 0 Å². The minimum Gasteiger partial charge on any atom is -0.244 e. The van der Waals surface area contributed by atoms with Crippen molar-refractivity contribution in [1.82, 2.24) is 18.7 Å². The Hall–Kier alpha value is -4.44. The first kappa shape index (κ1) is 29.9. The summed E-state index contributed by atoms with van der Waals surface area (Å²) >= 11 is 11.0. The van der Waals surface area contributed by atoms with E-state index in [2.05, 4.69) is 82.8 Å². The van der Waals surface area contributed by atoms with Gasteiger partial charge in [0, 0.05) is 73.3 Å². The van der Waals surface area contributed by atoms with Crippen molar-refractivity contribution in [3.05, 3.63) is 104 Å². The number of hydrogen-bond donors (Lipinski definition) is 0. The molecule has 0 bridgehead atoms. The molecular formula is C34H16N6S7. The molecule has 0 saturated carbocycles. The van der Waals surface area contributed by atoms with Crippen LogP contribution >= 0.6 is 79.7 Å². The first-order valence-electron chi connectivity index (χ1n) is 13.9. The third-order valence-corrected chi connectivity index (χ3v) is 13.9. The summed E-state index contributed by atoms with van der Waals surface area (Å²) in [4.78, 5) is 17.5. The van der Waals surface area contributed by atoms with Crippen LogP contribution < -0.4 is 0 Å². The molecule has 0 radical (unpaired) electrons. The second-order valence-corrected chi connectivity index (χ2v) is 16.6. The number of thiophene rings is 4. The minimum absolute atomic E-state index is 0.575. The van der Waals surface area contributed by atoms with Gasteiger partial charge in [0.1, 0.15) is 33.2 Å². The van der Waals surface area contributed by atoms with Crippen molar-refractivity contribution in [3.63, 3.8) is 0 Å². The summed E-state index contributed by atoms with van der Waals surface area (Å²) in [6.07, 6.45) is 7.25. The second kappa shape index (κ2) is 13.0. The Bertz CT molecular complexity index is 2330. The van der Waals surface area contributed by atoms with Crippen LogP contribution in [0.3, 0.4) is 0 Å². The number of allylic oxidation sites excluding steroid dienone is 2. The van der Waals surface area contributed by atoms with Gasteiger partial charge in [0.25, 0.3) is 0 Å². The number of hydrogen-bond acceptors (Lipinski definition) is 13. The number of benzene rings is 1. The number of thiazole rings is 2. The van der Waals surface area contributed by atoms with Crippen LogP contribution in [0, 0.1) is 22.7 Å². The van der Waals surface area contributed by atoms with Crippen molar-refractivity contribution in [2.45, 2.75) is 0 Å². The molecule has 0 N–H and O–H groups in total. The van der Waals surface area contributed by atoms with Crippen molar-refractivity contribution < 1.29 is 0 Å². The highest BCUT2D eigenvalue weighted by atomic mass is 32.1. The third kappa shape index (κ3) is 5.95. The van der Waals surface area contributed by atoms with Gasteiger partial charge in [-0.3, -0.25) is 0 Å². The molecule has 8 rings (SSSR count). The van der Waals surface area contributed by atoms with E-state index in [0.717, 1.165) is 61.4 Å². The normalized spacial score (nSPS) is 12.0. The molecule has 0 aliphatic heterocycles. The number of fused-ring (bicyclic) bond motifs is 1. The van der Waals surface area contributed by atoms with Crippen LogP contribution in [0.15, 0.2) is 83.8 Å². The average molecular weight is 733 g/mol. The smallest absolute Gasteiger partial charge is 0.133 e. The van der Waals surface area contributed by atoms with E-state index in [0.29, 0.717) is 11.1 Å². The van der Waals surface area contributed by atoms with Crippen molar-refractivity contribution in [3.8, 4) is 52.5 Å². The van der Waals surface area contributed by atoms with E-state index < -0.39 is 0 Å². The molecule has 7 heterocycles. The lowest BCUT2D eigenvalue weighted by Crippen LogP contribution is -1.81. The molecule has 6 nitrogen and oxygen atoms in total. The summed E-state index contributed by atoms with van der Waals surface area (Å²) in [6, 6.07) is 25.8. The topological polar surface area (TPSA) is 99.1 Å². The van der Waals surface area contributed by atoms with Gasteiger partial charge in [-0.15, -0.1) is 68.0 Å². The van der Waals surface area contributed by atoms with Crippen LogP contribution in [0.4, 0.5) is 0 Å². The number of rotatable bonds is 8. The van der Waals surface area contributed by atoms with Gasteiger partial charge in [0.2, 0.25) is 0 Å². The molecule has 13 heteroatoms. The lowest BCUT2D eigenvalue weighted by Gasteiger charge is -2.03. The van der Waals surface area contributed by atoms with E-state index >= 15 is 0 Å². The lowest BCUT2D eigenvalue weighted by atomic mass is 10.1. The van der Waals surface area contributed by atoms with E-state index in [1.54, 1.807) is 57.7 Å². The van der Waals surface area contributed by atoms with Crippen LogP contribution in [0.1, 0.15) is 19.8 Å². The first-order valence-corrected chi connectivity index (χ1v) is 19.6. The molecule has 0 saturated heterocycles. The minimum atomic E-state index is 0.575. The summed E-state index contributed by atoms with van der Waals surface area (Å²) in [7, 11) is 0. The molecule has 0 fully saturated rings. The molecule has 1 aromatic carbocycles. The fraction of sp³-hybridized carbons (Fsp3) is 0. The lowest BCUT2D eigenvalue weighted by molar-refractivity contribution is 1.38. The zero-order valence-electron chi connectivity index (χ0n) is 23.8. The third-order valence-electron chi connectivity index (χ3n) is 7.04. The first-order chi connectivity index (χ1) is 23.2. The zero-order chi connectivity index (χ0) is 31.7. The van der Waals surface area contributed by atoms with Crippen molar-refractivity contribution >= 4 is 114 Å². The Morgan fingerprint density at radius 3 is 1.38 bits per heavy atom. The SMILES string of the molecule is N#CC(=Cc1ccc(-c2ccc(-c3ccc(-c4ccc(-c5ccc(C=C(C#N)c6nccs6)s5)s4)c4nsnc34)s2)s1)c1nccs1. The number of aromatic nitrogens is 4. The van der Waals surface area contributed by atoms with Gasteiger partial charge in [-0.2, -0.15) is 19.3 Å².